The lowest BCUT2D eigenvalue weighted by Gasteiger charge is -2.22. The largest absolute Gasteiger partial charge is 0.416 e. The maximum atomic E-state index is 12.8. The van der Waals surface area contributed by atoms with Crippen LogP contribution in [0.1, 0.15) is 12.5 Å². The van der Waals surface area contributed by atoms with Crippen molar-refractivity contribution in [3.8, 4) is 0 Å². The highest BCUT2D eigenvalue weighted by molar-refractivity contribution is 7.91. The zero-order valence-corrected chi connectivity index (χ0v) is 15.5. The molecular formula is C17H15ClF3NO4S. The van der Waals surface area contributed by atoms with E-state index in [-0.39, 0.29) is 5.69 Å². The topological polar surface area (TPSA) is 83.5 Å². The third-order valence-corrected chi connectivity index (χ3v) is 5.75. The highest BCUT2D eigenvalue weighted by Gasteiger charge is 2.38. The van der Waals surface area contributed by atoms with E-state index in [1.807, 2.05) is 0 Å². The lowest BCUT2D eigenvalue weighted by atomic mass is 10.1. The van der Waals surface area contributed by atoms with Crippen molar-refractivity contribution in [2.75, 3.05) is 11.1 Å². The number of halogens is 4. The number of anilines is 1. The molecule has 0 bridgehead atoms. The first-order valence-corrected chi connectivity index (χ1v) is 9.54. The molecule has 27 heavy (non-hydrogen) atoms. The maximum Gasteiger partial charge on any atom is 0.416 e. The van der Waals surface area contributed by atoms with Crippen molar-refractivity contribution in [3.05, 3.63) is 59.1 Å². The van der Waals surface area contributed by atoms with Crippen molar-refractivity contribution < 1.29 is 31.5 Å². The number of amides is 1. The van der Waals surface area contributed by atoms with Crippen LogP contribution in [0.25, 0.3) is 0 Å². The van der Waals surface area contributed by atoms with Gasteiger partial charge in [0.2, 0.25) is 0 Å². The van der Waals surface area contributed by atoms with Gasteiger partial charge in [0.1, 0.15) is 0 Å². The smallest absolute Gasteiger partial charge is 0.379 e. The van der Waals surface area contributed by atoms with Crippen molar-refractivity contribution in [3.63, 3.8) is 0 Å². The summed E-state index contributed by atoms with van der Waals surface area (Å²) in [6.45, 7) is 0.962. The monoisotopic (exact) mass is 421 g/mol. The number of rotatable bonds is 5. The summed E-state index contributed by atoms with van der Waals surface area (Å²) in [6, 6.07) is 8.94. The van der Waals surface area contributed by atoms with Gasteiger partial charge in [0.15, 0.2) is 15.4 Å². The van der Waals surface area contributed by atoms with Crippen molar-refractivity contribution in [2.45, 2.75) is 23.6 Å². The molecule has 0 saturated heterocycles. The standard InChI is InChI=1S/C17H15ClF3NO4S/c1-16(24,15(23)22-13-7-5-12(18)6-8-13)10-27(25,26)14-4-2-3-11(9-14)17(19,20)21/h2-9,24H,10H2,1H3,(H,22,23)/t16-/m1/s1. The predicted octanol–water partition coefficient (Wildman–Crippen LogP) is 3.52. The summed E-state index contributed by atoms with van der Waals surface area (Å²) in [5.41, 5.74) is -3.26. The summed E-state index contributed by atoms with van der Waals surface area (Å²) in [6.07, 6.45) is -4.72. The van der Waals surface area contributed by atoms with Gasteiger partial charge in [-0.25, -0.2) is 8.42 Å². The molecule has 2 aromatic carbocycles. The Hall–Kier alpha value is -2.10. The lowest BCUT2D eigenvalue weighted by molar-refractivity contribution is -0.137. The van der Waals surface area contributed by atoms with Gasteiger partial charge in [0.25, 0.3) is 5.91 Å². The van der Waals surface area contributed by atoms with Gasteiger partial charge in [0.05, 0.1) is 16.2 Å². The molecule has 0 fully saturated rings. The number of hydrogen-bond acceptors (Lipinski definition) is 4. The van der Waals surface area contributed by atoms with Gasteiger partial charge in [-0.2, -0.15) is 13.2 Å². The van der Waals surface area contributed by atoms with Crippen molar-refractivity contribution >= 4 is 33.0 Å². The molecule has 10 heteroatoms. The minimum atomic E-state index is -4.72. The van der Waals surface area contributed by atoms with E-state index in [0.29, 0.717) is 11.1 Å². The second-order valence-electron chi connectivity index (χ2n) is 6.02. The number of nitrogens with one attached hydrogen (secondary N) is 1. The predicted molar refractivity (Wildman–Crippen MR) is 94.2 cm³/mol. The van der Waals surface area contributed by atoms with Crippen LogP contribution in [-0.2, 0) is 20.8 Å². The van der Waals surface area contributed by atoms with E-state index in [1.54, 1.807) is 0 Å². The van der Waals surface area contributed by atoms with E-state index in [0.717, 1.165) is 25.1 Å². The molecule has 0 aromatic heterocycles. The van der Waals surface area contributed by atoms with Crippen LogP contribution in [0.4, 0.5) is 18.9 Å². The molecule has 1 atom stereocenters. The lowest BCUT2D eigenvalue weighted by Crippen LogP contribution is -2.45. The summed E-state index contributed by atoms with van der Waals surface area (Å²) in [5.74, 6) is -2.12. The molecule has 0 radical (unpaired) electrons. The average Bonchev–Trinajstić information content (AvgIpc) is 2.55. The molecule has 0 unspecified atom stereocenters. The minimum Gasteiger partial charge on any atom is -0.379 e. The molecule has 0 aliphatic carbocycles. The van der Waals surface area contributed by atoms with E-state index < -0.39 is 43.7 Å². The highest BCUT2D eigenvalue weighted by Crippen LogP contribution is 2.31. The zero-order valence-electron chi connectivity index (χ0n) is 13.9. The van der Waals surface area contributed by atoms with Crippen LogP contribution < -0.4 is 5.32 Å². The van der Waals surface area contributed by atoms with Gasteiger partial charge in [-0.05, 0) is 49.4 Å². The van der Waals surface area contributed by atoms with Crippen LogP contribution in [0.15, 0.2) is 53.4 Å². The Balaban J connectivity index is 2.22. The molecule has 2 rings (SSSR count). The number of hydrogen-bond donors (Lipinski definition) is 2. The molecule has 2 N–H and O–H groups in total. The van der Waals surface area contributed by atoms with Crippen LogP contribution >= 0.6 is 11.6 Å². The SMILES string of the molecule is C[C@@](O)(CS(=O)(=O)c1cccc(C(F)(F)F)c1)C(=O)Nc1ccc(Cl)cc1. The molecule has 5 nitrogen and oxygen atoms in total. The number of alkyl halides is 3. The summed E-state index contributed by atoms with van der Waals surface area (Å²) in [7, 11) is -4.38. The average molecular weight is 422 g/mol. The Kier molecular flexibility index (Phi) is 5.88. The molecule has 0 aliphatic rings. The Morgan fingerprint density at radius 1 is 1.15 bits per heavy atom. The fourth-order valence-electron chi connectivity index (χ4n) is 2.18. The van der Waals surface area contributed by atoms with Crippen LogP contribution in [0, 0.1) is 0 Å². The van der Waals surface area contributed by atoms with Gasteiger partial charge in [-0.3, -0.25) is 4.79 Å². The van der Waals surface area contributed by atoms with Crippen LogP contribution in [0.5, 0.6) is 0 Å². The first kappa shape index (κ1) is 21.2. The molecule has 0 aliphatic heterocycles. The first-order valence-electron chi connectivity index (χ1n) is 7.51. The molecule has 1 amide bonds. The summed E-state index contributed by atoms with van der Waals surface area (Å²) in [5, 5.41) is 13.0. The second kappa shape index (κ2) is 7.49. The van der Waals surface area contributed by atoms with Crippen molar-refractivity contribution in [1.82, 2.24) is 0 Å². The first-order chi connectivity index (χ1) is 12.3. The number of carbonyl (C=O) groups is 1. The molecule has 2 aromatic rings. The molecular weight excluding hydrogens is 407 g/mol. The summed E-state index contributed by atoms with van der Waals surface area (Å²) >= 11 is 5.72. The summed E-state index contributed by atoms with van der Waals surface area (Å²) in [4.78, 5) is 11.6. The van der Waals surface area contributed by atoms with E-state index in [9.17, 15) is 31.5 Å². The fraction of sp³-hybridized carbons (Fsp3) is 0.235. The van der Waals surface area contributed by atoms with E-state index >= 15 is 0 Å². The van der Waals surface area contributed by atoms with Gasteiger partial charge >= 0.3 is 6.18 Å². The van der Waals surface area contributed by atoms with E-state index in [1.165, 1.54) is 24.3 Å². The molecule has 0 heterocycles. The third kappa shape index (κ3) is 5.44. The van der Waals surface area contributed by atoms with Crippen LogP contribution in [0.3, 0.4) is 0 Å². The van der Waals surface area contributed by atoms with E-state index in [4.69, 9.17) is 11.6 Å². The normalized spacial score (nSPS) is 14.4. The van der Waals surface area contributed by atoms with Crippen molar-refractivity contribution in [2.24, 2.45) is 0 Å². The van der Waals surface area contributed by atoms with Crippen molar-refractivity contribution in [1.29, 1.82) is 0 Å². The summed E-state index contributed by atoms with van der Waals surface area (Å²) < 4.78 is 63.1. The zero-order chi connectivity index (χ0) is 20.5. The van der Waals surface area contributed by atoms with E-state index in [2.05, 4.69) is 5.32 Å². The Morgan fingerprint density at radius 3 is 2.30 bits per heavy atom. The molecule has 0 saturated carbocycles. The van der Waals surface area contributed by atoms with Gasteiger partial charge in [-0.1, -0.05) is 17.7 Å². The third-order valence-electron chi connectivity index (χ3n) is 3.58. The van der Waals surface area contributed by atoms with Gasteiger partial charge in [0, 0.05) is 10.7 Å². The quantitative estimate of drug-likeness (QED) is 0.773. The second-order valence-corrected chi connectivity index (χ2v) is 8.45. The van der Waals surface area contributed by atoms with Crippen LogP contribution in [-0.4, -0.2) is 30.8 Å². The number of aliphatic hydroxyl groups is 1. The fourth-order valence-corrected chi connectivity index (χ4v) is 3.94. The Labute approximate surface area is 158 Å². The molecule has 0 spiro atoms. The Bertz CT molecular complexity index is 941. The van der Waals surface area contributed by atoms with Gasteiger partial charge < -0.3 is 10.4 Å². The minimum absolute atomic E-state index is 0.265. The Morgan fingerprint density at radius 2 is 1.74 bits per heavy atom. The number of benzene rings is 2. The number of sulfone groups is 1. The number of carbonyl (C=O) groups excluding carboxylic acids is 1. The highest BCUT2D eigenvalue weighted by atomic mass is 35.5. The molecule has 146 valence electrons. The van der Waals surface area contributed by atoms with Gasteiger partial charge in [-0.15, -0.1) is 0 Å². The van der Waals surface area contributed by atoms with Crippen LogP contribution in [0.2, 0.25) is 5.02 Å². The maximum absolute atomic E-state index is 12.8.